The second-order valence-electron chi connectivity index (χ2n) is 3.36. The first-order valence-corrected chi connectivity index (χ1v) is 4.00. The van der Waals surface area contributed by atoms with Gasteiger partial charge in [-0.3, -0.25) is 0 Å². The number of aliphatic carboxylic acids is 1. The van der Waals surface area contributed by atoms with E-state index in [2.05, 4.69) is 4.98 Å². The number of carboxylic acid groups (broad SMARTS) is 1. The number of halogens is 1. The zero-order valence-corrected chi connectivity index (χ0v) is 7.91. The molecule has 14 heavy (non-hydrogen) atoms. The van der Waals surface area contributed by atoms with Gasteiger partial charge in [0.15, 0.2) is 0 Å². The summed E-state index contributed by atoms with van der Waals surface area (Å²) < 4.78 is 13.2. The predicted molar refractivity (Wildman–Crippen MR) is 48.1 cm³/mol. The highest BCUT2D eigenvalue weighted by Gasteiger charge is 2.33. The van der Waals surface area contributed by atoms with Crippen LogP contribution in [0, 0.1) is 12.9 Å². The van der Waals surface area contributed by atoms with Gasteiger partial charge in [0.05, 0.1) is 0 Å². The van der Waals surface area contributed by atoms with Crippen LogP contribution in [0.4, 0.5) is 4.39 Å². The number of nitrogens with two attached hydrogens (primary N) is 1. The molecule has 0 aliphatic heterocycles. The molecular formula is C9H11FN2O2. The highest BCUT2D eigenvalue weighted by molar-refractivity contribution is 5.79. The van der Waals surface area contributed by atoms with Crippen molar-refractivity contribution < 1.29 is 14.3 Å². The smallest absolute Gasteiger partial charge is 0.328 e. The van der Waals surface area contributed by atoms with E-state index in [4.69, 9.17) is 10.8 Å². The molecule has 1 heterocycles. The molecule has 0 saturated carbocycles. The number of rotatable bonds is 2. The zero-order chi connectivity index (χ0) is 10.9. The van der Waals surface area contributed by atoms with Crippen LogP contribution in [-0.2, 0) is 10.3 Å². The van der Waals surface area contributed by atoms with Crippen molar-refractivity contribution in [3.05, 3.63) is 29.3 Å². The van der Waals surface area contributed by atoms with Crippen molar-refractivity contribution in [1.82, 2.24) is 4.98 Å². The summed E-state index contributed by atoms with van der Waals surface area (Å²) in [6.45, 7) is 2.92. The van der Waals surface area contributed by atoms with Crippen LogP contribution in [0.2, 0.25) is 0 Å². The number of hydrogen-bond donors (Lipinski definition) is 2. The maximum atomic E-state index is 13.2. The summed E-state index contributed by atoms with van der Waals surface area (Å²) >= 11 is 0. The first-order valence-electron chi connectivity index (χ1n) is 4.00. The molecule has 0 unspecified atom stereocenters. The molecule has 0 amide bonds. The second-order valence-corrected chi connectivity index (χ2v) is 3.36. The fraction of sp³-hybridized carbons (Fsp3) is 0.333. The minimum absolute atomic E-state index is 0.106. The molecule has 1 atom stereocenters. The second kappa shape index (κ2) is 3.34. The van der Waals surface area contributed by atoms with E-state index in [0.717, 1.165) is 0 Å². The van der Waals surface area contributed by atoms with Gasteiger partial charge in [-0.2, -0.15) is 4.39 Å². The van der Waals surface area contributed by atoms with E-state index >= 15 is 0 Å². The van der Waals surface area contributed by atoms with Gasteiger partial charge in [0.1, 0.15) is 5.54 Å². The van der Waals surface area contributed by atoms with E-state index in [9.17, 15) is 9.18 Å². The van der Waals surface area contributed by atoms with Crippen LogP contribution in [0.1, 0.15) is 18.1 Å². The van der Waals surface area contributed by atoms with Crippen molar-refractivity contribution in [2.45, 2.75) is 19.4 Å². The Morgan fingerprint density at radius 2 is 2.29 bits per heavy atom. The SMILES string of the molecule is Cc1cnc(F)c([C@](C)(N)C(=O)O)c1. The van der Waals surface area contributed by atoms with Crippen molar-refractivity contribution in [2.24, 2.45) is 5.73 Å². The molecule has 0 aliphatic carbocycles. The van der Waals surface area contributed by atoms with Crippen LogP contribution in [0.25, 0.3) is 0 Å². The fourth-order valence-corrected chi connectivity index (χ4v) is 1.03. The molecule has 1 aromatic heterocycles. The van der Waals surface area contributed by atoms with Crippen molar-refractivity contribution in [3.8, 4) is 0 Å². The van der Waals surface area contributed by atoms with Crippen LogP contribution in [0.3, 0.4) is 0 Å². The predicted octanol–water partition coefficient (Wildman–Crippen LogP) is 0.788. The molecule has 0 radical (unpaired) electrons. The Hall–Kier alpha value is -1.49. The monoisotopic (exact) mass is 198 g/mol. The molecule has 1 rings (SSSR count). The lowest BCUT2D eigenvalue weighted by molar-refractivity contribution is -0.143. The van der Waals surface area contributed by atoms with Crippen molar-refractivity contribution >= 4 is 5.97 Å². The third-order valence-electron chi connectivity index (χ3n) is 1.98. The number of pyridine rings is 1. The molecule has 3 N–H and O–H groups in total. The van der Waals surface area contributed by atoms with Crippen molar-refractivity contribution in [3.63, 3.8) is 0 Å². The van der Waals surface area contributed by atoms with Gasteiger partial charge in [-0.15, -0.1) is 0 Å². The Labute approximate surface area is 80.6 Å². The van der Waals surface area contributed by atoms with Gasteiger partial charge in [-0.1, -0.05) is 0 Å². The van der Waals surface area contributed by atoms with Gasteiger partial charge in [0.25, 0.3) is 0 Å². The summed E-state index contributed by atoms with van der Waals surface area (Å²) in [7, 11) is 0. The van der Waals surface area contributed by atoms with E-state index in [1.54, 1.807) is 6.92 Å². The molecular weight excluding hydrogens is 187 g/mol. The summed E-state index contributed by atoms with van der Waals surface area (Å²) in [5, 5.41) is 8.79. The molecule has 0 fully saturated rings. The van der Waals surface area contributed by atoms with Gasteiger partial charge >= 0.3 is 5.97 Å². The first-order chi connectivity index (χ1) is 6.35. The van der Waals surface area contributed by atoms with E-state index < -0.39 is 17.5 Å². The average molecular weight is 198 g/mol. The molecule has 4 nitrogen and oxygen atoms in total. The minimum atomic E-state index is -1.75. The quantitative estimate of drug-likeness (QED) is 0.689. The normalized spacial score (nSPS) is 14.9. The summed E-state index contributed by atoms with van der Waals surface area (Å²) in [6.07, 6.45) is 1.32. The van der Waals surface area contributed by atoms with Gasteiger partial charge in [0, 0.05) is 11.8 Å². The summed E-state index contributed by atoms with van der Waals surface area (Å²) in [5.74, 6) is -2.13. The number of carboxylic acids is 1. The Kier molecular flexibility index (Phi) is 2.53. The topological polar surface area (TPSA) is 76.2 Å². The molecule has 0 aliphatic rings. The molecule has 0 spiro atoms. The van der Waals surface area contributed by atoms with Gasteiger partial charge in [0.2, 0.25) is 5.95 Å². The summed E-state index contributed by atoms with van der Waals surface area (Å²) in [5.41, 5.74) is 4.28. The lowest BCUT2D eigenvalue weighted by Crippen LogP contribution is -2.42. The van der Waals surface area contributed by atoms with Crippen molar-refractivity contribution in [1.29, 1.82) is 0 Å². The maximum absolute atomic E-state index is 13.2. The lowest BCUT2D eigenvalue weighted by atomic mass is 9.94. The minimum Gasteiger partial charge on any atom is -0.480 e. The Morgan fingerprint density at radius 3 is 2.79 bits per heavy atom. The third-order valence-corrected chi connectivity index (χ3v) is 1.98. The van der Waals surface area contributed by atoms with Gasteiger partial charge < -0.3 is 10.8 Å². The number of carbonyl (C=O) groups is 1. The van der Waals surface area contributed by atoms with Crippen molar-refractivity contribution in [2.75, 3.05) is 0 Å². The third kappa shape index (κ3) is 1.72. The highest BCUT2D eigenvalue weighted by Crippen LogP contribution is 2.20. The largest absolute Gasteiger partial charge is 0.480 e. The Balaban J connectivity index is 3.31. The average Bonchev–Trinajstić information content (AvgIpc) is 2.08. The molecule has 0 saturated heterocycles. The van der Waals surface area contributed by atoms with E-state index in [-0.39, 0.29) is 5.56 Å². The van der Waals surface area contributed by atoms with E-state index in [1.807, 2.05) is 0 Å². The standard InChI is InChI=1S/C9H11FN2O2/c1-5-3-6(7(10)12-4-5)9(2,11)8(13)14/h3-4H,11H2,1-2H3,(H,13,14)/t9-/m0/s1. The van der Waals surface area contributed by atoms with E-state index in [0.29, 0.717) is 5.56 Å². The molecule has 1 aromatic rings. The Bertz CT molecular complexity index is 377. The number of aromatic nitrogens is 1. The van der Waals surface area contributed by atoms with E-state index in [1.165, 1.54) is 19.2 Å². The highest BCUT2D eigenvalue weighted by atomic mass is 19.1. The molecule has 5 heteroatoms. The number of hydrogen-bond acceptors (Lipinski definition) is 3. The summed E-state index contributed by atoms with van der Waals surface area (Å²) in [6, 6.07) is 1.39. The number of nitrogens with zero attached hydrogens (tertiary/aromatic N) is 1. The fourth-order valence-electron chi connectivity index (χ4n) is 1.03. The first kappa shape index (κ1) is 10.6. The van der Waals surface area contributed by atoms with Crippen LogP contribution in [-0.4, -0.2) is 16.1 Å². The van der Waals surface area contributed by atoms with Gasteiger partial charge in [-0.25, -0.2) is 9.78 Å². The number of aryl methyl sites for hydroxylation is 1. The lowest BCUT2D eigenvalue weighted by Gasteiger charge is -2.19. The van der Waals surface area contributed by atoms with Gasteiger partial charge in [-0.05, 0) is 25.5 Å². The van der Waals surface area contributed by atoms with Crippen LogP contribution < -0.4 is 5.73 Å². The van der Waals surface area contributed by atoms with Crippen LogP contribution in [0.5, 0.6) is 0 Å². The summed E-state index contributed by atoms with van der Waals surface area (Å²) in [4.78, 5) is 14.2. The van der Waals surface area contributed by atoms with Crippen LogP contribution in [0.15, 0.2) is 12.3 Å². The maximum Gasteiger partial charge on any atom is 0.328 e. The van der Waals surface area contributed by atoms with Crippen LogP contribution >= 0.6 is 0 Å². The zero-order valence-electron chi connectivity index (χ0n) is 7.91. The Morgan fingerprint density at radius 1 is 1.71 bits per heavy atom. The molecule has 0 bridgehead atoms. The molecule has 76 valence electrons. The molecule has 0 aromatic carbocycles.